The van der Waals surface area contributed by atoms with Gasteiger partial charge in [-0.3, -0.25) is 30.0 Å². The molecular formula is C25H20ClN5O4. The summed E-state index contributed by atoms with van der Waals surface area (Å²) in [6, 6.07) is 22.1. The second kappa shape index (κ2) is 10.6. The van der Waals surface area contributed by atoms with Gasteiger partial charge in [0, 0.05) is 16.0 Å². The summed E-state index contributed by atoms with van der Waals surface area (Å²) in [4.78, 5) is 50.1. The van der Waals surface area contributed by atoms with Gasteiger partial charge in [-0.05, 0) is 29.8 Å². The number of benzene rings is 3. The highest BCUT2D eigenvalue weighted by Crippen LogP contribution is 2.14. The van der Waals surface area contributed by atoms with Crippen LogP contribution in [-0.2, 0) is 11.3 Å². The highest BCUT2D eigenvalue weighted by molar-refractivity contribution is 6.31. The van der Waals surface area contributed by atoms with E-state index in [0.717, 1.165) is 5.56 Å². The van der Waals surface area contributed by atoms with Crippen LogP contribution in [0.1, 0.15) is 26.4 Å². The van der Waals surface area contributed by atoms with Crippen LogP contribution in [0.25, 0.3) is 10.8 Å². The Balaban J connectivity index is 1.46. The number of nitrogens with zero attached hydrogens (tertiary/aromatic N) is 2. The molecular weight excluding hydrogens is 470 g/mol. The molecule has 0 aliphatic heterocycles. The van der Waals surface area contributed by atoms with Crippen LogP contribution >= 0.6 is 11.6 Å². The zero-order valence-electron chi connectivity index (χ0n) is 18.3. The lowest BCUT2D eigenvalue weighted by Crippen LogP contribution is -2.47. The fraction of sp³-hybridized carbons (Fsp3) is 0.0800. The highest BCUT2D eigenvalue weighted by Gasteiger charge is 2.18. The summed E-state index contributed by atoms with van der Waals surface area (Å²) < 4.78 is 1.21. The number of carbonyl (C=O) groups is 3. The number of aromatic nitrogens is 2. The van der Waals surface area contributed by atoms with Gasteiger partial charge >= 0.3 is 0 Å². The van der Waals surface area contributed by atoms with E-state index in [4.69, 9.17) is 11.6 Å². The Morgan fingerprint density at radius 2 is 1.54 bits per heavy atom. The van der Waals surface area contributed by atoms with E-state index in [2.05, 4.69) is 21.3 Å². The molecule has 35 heavy (non-hydrogen) atoms. The van der Waals surface area contributed by atoms with Crippen LogP contribution in [0.4, 0.5) is 0 Å². The van der Waals surface area contributed by atoms with Crippen LogP contribution in [0.5, 0.6) is 0 Å². The molecule has 176 valence electrons. The number of hydrogen-bond acceptors (Lipinski definition) is 5. The van der Waals surface area contributed by atoms with Crippen molar-refractivity contribution < 1.29 is 14.4 Å². The molecule has 0 spiro atoms. The predicted octanol–water partition coefficient (Wildman–Crippen LogP) is 2.29. The Labute approximate surface area is 204 Å². The molecule has 0 fully saturated rings. The molecule has 0 radical (unpaired) electrons. The first-order chi connectivity index (χ1) is 16.9. The summed E-state index contributed by atoms with van der Waals surface area (Å²) in [5.74, 6) is -1.86. The molecule has 10 heteroatoms. The molecule has 4 rings (SSSR count). The first-order valence-corrected chi connectivity index (χ1v) is 11.0. The summed E-state index contributed by atoms with van der Waals surface area (Å²) in [5, 5.41) is 7.76. The van der Waals surface area contributed by atoms with E-state index in [1.807, 2.05) is 30.3 Å². The van der Waals surface area contributed by atoms with Gasteiger partial charge in [-0.25, -0.2) is 4.68 Å². The highest BCUT2D eigenvalue weighted by atomic mass is 35.5. The zero-order valence-corrected chi connectivity index (χ0v) is 19.1. The van der Waals surface area contributed by atoms with Crippen LogP contribution in [-0.4, -0.2) is 34.0 Å². The molecule has 0 bridgehead atoms. The third-order valence-electron chi connectivity index (χ3n) is 5.07. The van der Waals surface area contributed by atoms with Gasteiger partial charge in [0.05, 0.1) is 18.5 Å². The summed E-state index contributed by atoms with van der Waals surface area (Å²) in [5.41, 5.74) is 5.30. The van der Waals surface area contributed by atoms with Crippen molar-refractivity contribution in [1.29, 1.82) is 0 Å². The second-order valence-corrected chi connectivity index (χ2v) is 7.97. The van der Waals surface area contributed by atoms with E-state index < -0.39 is 17.7 Å². The van der Waals surface area contributed by atoms with Crippen molar-refractivity contribution in [2.75, 3.05) is 6.54 Å². The Morgan fingerprint density at radius 1 is 0.829 bits per heavy atom. The third-order valence-corrected chi connectivity index (χ3v) is 5.30. The minimum atomic E-state index is -0.711. The van der Waals surface area contributed by atoms with E-state index in [9.17, 15) is 19.2 Å². The minimum absolute atomic E-state index is 0.0283. The molecule has 1 aromatic heterocycles. The van der Waals surface area contributed by atoms with Crippen molar-refractivity contribution in [2.24, 2.45) is 0 Å². The summed E-state index contributed by atoms with van der Waals surface area (Å²) in [6.45, 7) is -0.208. The summed E-state index contributed by atoms with van der Waals surface area (Å²) >= 11 is 5.87. The van der Waals surface area contributed by atoms with Crippen LogP contribution in [0, 0.1) is 0 Å². The molecule has 3 aromatic carbocycles. The lowest BCUT2D eigenvalue weighted by molar-refractivity contribution is -0.120. The van der Waals surface area contributed by atoms with Crippen molar-refractivity contribution in [3.05, 3.63) is 111 Å². The number of amides is 3. The number of fused-ring (bicyclic) bond motifs is 1. The van der Waals surface area contributed by atoms with Crippen LogP contribution in [0.3, 0.4) is 0 Å². The van der Waals surface area contributed by atoms with Crippen molar-refractivity contribution in [2.45, 2.75) is 6.54 Å². The Hall–Kier alpha value is -4.50. The molecule has 3 N–H and O–H groups in total. The maximum Gasteiger partial charge on any atom is 0.290 e. The summed E-state index contributed by atoms with van der Waals surface area (Å²) in [6.07, 6.45) is 0. The van der Waals surface area contributed by atoms with Crippen molar-refractivity contribution in [3.8, 4) is 0 Å². The smallest absolute Gasteiger partial charge is 0.290 e. The molecule has 3 amide bonds. The van der Waals surface area contributed by atoms with E-state index >= 15 is 0 Å². The zero-order chi connectivity index (χ0) is 24.8. The van der Waals surface area contributed by atoms with E-state index in [0.29, 0.717) is 21.4 Å². The molecule has 4 aromatic rings. The molecule has 0 saturated carbocycles. The van der Waals surface area contributed by atoms with Crippen LogP contribution in [0.2, 0.25) is 5.02 Å². The molecule has 0 unspecified atom stereocenters. The van der Waals surface area contributed by atoms with Crippen molar-refractivity contribution in [1.82, 2.24) is 25.9 Å². The van der Waals surface area contributed by atoms with Gasteiger partial charge in [-0.1, -0.05) is 66.2 Å². The van der Waals surface area contributed by atoms with Crippen LogP contribution in [0.15, 0.2) is 83.7 Å². The largest absolute Gasteiger partial charge is 0.343 e. The Morgan fingerprint density at radius 3 is 2.29 bits per heavy atom. The number of hydrazine groups is 1. The quantitative estimate of drug-likeness (QED) is 0.359. The molecule has 0 atom stereocenters. The lowest BCUT2D eigenvalue weighted by atomic mass is 10.1. The molecule has 0 saturated heterocycles. The maximum atomic E-state index is 12.9. The summed E-state index contributed by atoms with van der Waals surface area (Å²) in [7, 11) is 0. The van der Waals surface area contributed by atoms with Crippen LogP contribution < -0.4 is 21.7 Å². The number of hydrogen-bond donors (Lipinski definition) is 3. The number of carbonyl (C=O) groups excluding carboxylic acids is 3. The molecule has 1 heterocycles. The lowest BCUT2D eigenvalue weighted by Gasteiger charge is -2.12. The maximum absolute atomic E-state index is 12.9. The Kier molecular flexibility index (Phi) is 7.18. The second-order valence-electron chi connectivity index (χ2n) is 7.54. The predicted molar refractivity (Wildman–Crippen MR) is 131 cm³/mol. The fourth-order valence-electron chi connectivity index (χ4n) is 3.39. The number of halogens is 1. The van der Waals surface area contributed by atoms with E-state index in [-0.39, 0.29) is 24.3 Å². The first kappa shape index (κ1) is 23.7. The van der Waals surface area contributed by atoms with E-state index in [1.165, 1.54) is 10.7 Å². The first-order valence-electron chi connectivity index (χ1n) is 10.6. The van der Waals surface area contributed by atoms with Gasteiger partial charge in [0.2, 0.25) is 0 Å². The van der Waals surface area contributed by atoms with Crippen molar-refractivity contribution in [3.63, 3.8) is 0 Å². The third kappa shape index (κ3) is 5.71. The van der Waals surface area contributed by atoms with Gasteiger partial charge in [-0.2, -0.15) is 5.10 Å². The molecule has 9 nitrogen and oxygen atoms in total. The fourth-order valence-corrected chi connectivity index (χ4v) is 3.58. The molecule has 0 aliphatic rings. The van der Waals surface area contributed by atoms with Gasteiger partial charge < -0.3 is 5.32 Å². The standard InChI is InChI=1S/C25H20ClN5O4/c26-18-10-6-9-17(13-18)23(33)27-14-21(32)28-29-24(34)22-19-11-4-5-12-20(19)25(35)31(30-22)15-16-7-2-1-3-8-16/h1-13H,14-15H2,(H,27,33)(H,28,32)(H,29,34). The number of rotatable bonds is 6. The van der Waals surface area contributed by atoms with E-state index in [1.54, 1.807) is 42.5 Å². The Bertz CT molecular complexity index is 1470. The monoisotopic (exact) mass is 489 g/mol. The van der Waals surface area contributed by atoms with Gasteiger partial charge in [0.1, 0.15) is 0 Å². The van der Waals surface area contributed by atoms with Gasteiger partial charge in [0.15, 0.2) is 5.69 Å². The average Bonchev–Trinajstić information content (AvgIpc) is 2.88. The van der Waals surface area contributed by atoms with Gasteiger partial charge in [0.25, 0.3) is 23.3 Å². The SMILES string of the molecule is O=C(CNC(=O)c1cccc(Cl)c1)NNC(=O)c1nn(Cc2ccccc2)c(=O)c2ccccc12. The topological polar surface area (TPSA) is 122 Å². The average molecular weight is 490 g/mol. The van der Waals surface area contributed by atoms with Crippen molar-refractivity contribution >= 4 is 40.1 Å². The number of nitrogens with one attached hydrogen (secondary N) is 3. The molecule has 0 aliphatic carbocycles. The minimum Gasteiger partial charge on any atom is -0.343 e. The van der Waals surface area contributed by atoms with Gasteiger partial charge in [-0.15, -0.1) is 0 Å². The normalized spacial score (nSPS) is 10.5.